The van der Waals surface area contributed by atoms with E-state index in [1.54, 1.807) is 6.92 Å². The van der Waals surface area contributed by atoms with E-state index in [1.807, 2.05) is 4.89 Å². The molecule has 1 fully saturated rings. The molecule has 1 aliphatic carbocycles. The molecule has 0 unspecified atom stereocenters. The summed E-state index contributed by atoms with van der Waals surface area (Å²) in [7, 11) is -3.95. The quantitative estimate of drug-likeness (QED) is 0.856. The topological polar surface area (TPSA) is 55.4 Å². The van der Waals surface area contributed by atoms with E-state index in [4.69, 9.17) is 4.84 Å². The van der Waals surface area contributed by atoms with Crippen molar-refractivity contribution in [1.29, 1.82) is 0 Å². The molecule has 0 bridgehead atoms. The van der Waals surface area contributed by atoms with E-state index in [0.717, 1.165) is 31.7 Å². The number of rotatable bonds is 4. The fourth-order valence-corrected chi connectivity index (χ4v) is 3.02. The van der Waals surface area contributed by atoms with Gasteiger partial charge < -0.3 is 0 Å². The molecule has 1 N–H and O–H groups in total. The summed E-state index contributed by atoms with van der Waals surface area (Å²) in [5.74, 6) is -0.775. The second-order valence-corrected chi connectivity index (χ2v) is 6.16. The van der Waals surface area contributed by atoms with Crippen LogP contribution in [-0.2, 0) is 14.9 Å². The average Bonchev–Trinajstić information content (AvgIpc) is 2.83. The highest BCUT2D eigenvalue weighted by Gasteiger charge is 2.23. The number of hydrogen-bond donors (Lipinski definition) is 1. The molecule has 0 amide bonds. The predicted octanol–water partition coefficient (Wildman–Crippen LogP) is 2.29. The van der Waals surface area contributed by atoms with Crippen LogP contribution in [0, 0.1) is 12.7 Å². The lowest BCUT2D eigenvalue weighted by atomic mass is 10.2. The van der Waals surface area contributed by atoms with Crippen LogP contribution in [0.2, 0.25) is 0 Å². The summed E-state index contributed by atoms with van der Waals surface area (Å²) in [5.41, 5.74) is 0.678. The van der Waals surface area contributed by atoms with Crippen LogP contribution in [0.4, 0.5) is 4.39 Å². The van der Waals surface area contributed by atoms with Crippen molar-refractivity contribution in [3.05, 3.63) is 29.6 Å². The minimum Gasteiger partial charge on any atom is -0.284 e. The van der Waals surface area contributed by atoms with E-state index in [-0.39, 0.29) is 11.0 Å². The Bertz CT molecular complexity index is 524. The van der Waals surface area contributed by atoms with E-state index in [1.165, 1.54) is 12.1 Å². The molecule has 1 saturated carbocycles. The van der Waals surface area contributed by atoms with E-state index >= 15 is 0 Å². The minimum atomic E-state index is -3.95. The third kappa shape index (κ3) is 3.07. The first kappa shape index (κ1) is 13.5. The van der Waals surface area contributed by atoms with Crippen LogP contribution in [0.1, 0.15) is 31.2 Å². The highest BCUT2D eigenvalue weighted by molar-refractivity contribution is 7.89. The first-order valence-electron chi connectivity index (χ1n) is 5.92. The number of benzene rings is 1. The molecular formula is C12H16FNO3S. The summed E-state index contributed by atoms with van der Waals surface area (Å²) in [4.78, 5) is 6.76. The summed E-state index contributed by atoms with van der Waals surface area (Å²) in [6, 6.07) is 3.95. The van der Waals surface area contributed by atoms with Crippen molar-refractivity contribution in [3.63, 3.8) is 0 Å². The summed E-state index contributed by atoms with van der Waals surface area (Å²) >= 11 is 0. The van der Waals surface area contributed by atoms with Crippen molar-refractivity contribution in [2.24, 2.45) is 0 Å². The van der Waals surface area contributed by atoms with Gasteiger partial charge in [0, 0.05) is 0 Å². The molecule has 6 heteroatoms. The highest BCUT2D eigenvalue weighted by atomic mass is 32.2. The van der Waals surface area contributed by atoms with Crippen LogP contribution in [0.3, 0.4) is 0 Å². The zero-order chi connectivity index (χ0) is 13.2. The molecule has 4 nitrogen and oxygen atoms in total. The largest absolute Gasteiger partial charge is 0.284 e. The van der Waals surface area contributed by atoms with Gasteiger partial charge in [0.25, 0.3) is 10.0 Å². The van der Waals surface area contributed by atoms with Crippen molar-refractivity contribution in [3.8, 4) is 0 Å². The Balaban J connectivity index is 2.12. The summed E-state index contributed by atoms with van der Waals surface area (Å²) in [5, 5.41) is 0. The van der Waals surface area contributed by atoms with Crippen LogP contribution < -0.4 is 4.89 Å². The zero-order valence-corrected chi connectivity index (χ0v) is 11.0. The Hall–Kier alpha value is -0.980. The molecule has 0 atom stereocenters. The van der Waals surface area contributed by atoms with Gasteiger partial charge in [0.2, 0.25) is 0 Å². The molecule has 0 heterocycles. The van der Waals surface area contributed by atoms with Crippen LogP contribution in [0.25, 0.3) is 0 Å². The summed E-state index contributed by atoms with van der Waals surface area (Å²) < 4.78 is 37.3. The Labute approximate surface area is 106 Å². The molecule has 100 valence electrons. The average molecular weight is 273 g/mol. The SMILES string of the molecule is Cc1ccc(F)c(S(=O)(=O)NOC2CCCC2)c1. The highest BCUT2D eigenvalue weighted by Crippen LogP contribution is 2.21. The second kappa shape index (κ2) is 5.34. The van der Waals surface area contributed by atoms with Gasteiger partial charge in [-0.15, -0.1) is 0 Å². The number of aryl methyl sites for hydroxylation is 1. The predicted molar refractivity (Wildman–Crippen MR) is 64.8 cm³/mol. The van der Waals surface area contributed by atoms with Gasteiger partial charge in [-0.05, 0) is 37.5 Å². The Morgan fingerprint density at radius 1 is 1.33 bits per heavy atom. The van der Waals surface area contributed by atoms with E-state index < -0.39 is 15.8 Å². The van der Waals surface area contributed by atoms with E-state index in [0.29, 0.717) is 5.56 Å². The third-order valence-electron chi connectivity index (χ3n) is 3.00. The van der Waals surface area contributed by atoms with Crippen molar-refractivity contribution in [2.75, 3.05) is 0 Å². The fraction of sp³-hybridized carbons (Fsp3) is 0.500. The Kier molecular flexibility index (Phi) is 3.99. The standard InChI is InChI=1S/C12H16FNO3S/c1-9-6-7-11(13)12(8-9)18(15,16)14-17-10-4-2-3-5-10/h6-8,10,14H,2-5H2,1H3. The number of nitrogens with one attached hydrogen (secondary N) is 1. The molecular weight excluding hydrogens is 257 g/mol. The summed E-state index contributed by atoms with van der Waals surface area (Å²) in [6.07, 6.45) is 3.63. The van der Waals surface area contributed by atoms with Crippen LogP contribution in [0.15, 0.2) is 23.1 Å². The van der Waals surface area contributed by atoms with Crippen LogP contribution >= 0.6 is 0 Å². The number of halogens is 1. The maximum Gasteiger partial charge on any atom is 0.265 e. The van der Waals surface area contributed by atoms with Gasteiger partial charge in [-0.25, -0.2) is 12.8 Å². The Morgan fingerprint density at radius 3 is 2.67 bits per heavy atom. The van der Waals surface area contributed by atoms with Gasteiger partial charge in [-0.3, -0.25) is 4.84 Å². The van der Waals surface area contributed by atoms with Gasteiger partial charge in [-0.2, -0.15) is 0 Å². The third-order valence-corrected chi connectivity index (χ3v) is 4.21. The Morgan fingerprint density at radius 2 is 2.00 bits per heavy atom. The molecule has 1 aromatic rings. The van der Waals surface area contributed by atoms with Crippen LogP contribution in [-0.4, -0.2) is 14.5 Å². The molecule has 0 spiro atoms. The molecule has 0 radical (unpaired) electrons. The van der Waals surface area contributed by atoms with Crippen molar-refractivity contribution in [1.82, 2.24) is 4.89 Å². The van der Waals surface area contributed by atoms with Gasteiger partial charge in [0.15, 0.2) is 0 Å². The first-order chi connectivity index (χ1) is 8.49. The monoisotopic (exact) mass is 273 g/mol. The maximum absolute atomic E-state index is 13.5. The smallest absolute Gasteiger partial charge is 0.265 e. The lowest BCUT2D eigenvalue weighted by molar-refractivity contribution is 0.0222. The van der Waals surface area contributed by atoms with Gasteiger partial charge >= 0.3 is 0 Å². The molecule has 1 aliphatic rings. The van der Waals surface area contributed by atoms with Crippen molar-refractivity contribution in [2.45, 2.75) is 43.6 Å². The van der Waals surface area contributed by atoms with Gasteiger partial charge in [-0.1, -0.05) is 23.8 Å². The fourth-order valence-electron chi connectivity index (χ4n) is 2.00. The summed E-state index contributed by atoms with van der Waals surface area (Å²) in [6.45, 7) is 1.70. The molecule has 0 aliphatic heterocycles. The minimum absolute atomic E-state index is 0.104. The van der Waals surface area contributed by atoms with Gasteiger partial charge in [0.05, 0.1) is 6.10 Å². The van der Waals surface area contributed by atoms with E-state index in [9.17, 15) is 12.8 Å². The normalized spacial score (nSPS) is 17.2. The van der Waals surface area contributed by atoms with Crippen LogP contribution in [0.5, 0.6) is 0 Å². The molecule has 18 heavy (non-hydrogen) atoms. The molecule has 1 aromatic carbocycles. The number of sulfonamides is 1. The van der Waals surface area contributed by atoms with Crippen molar-refractivity contribution >= 4 is 10.0 Å². The lowest BCUT2D eigenvalue weighted by Crippen LogP contribution is -2.29. The van der Waals surface area contributed by atoms with E-state index in [2.05, 4.69) is 0 Å². The molecule has 0 saturated heterocycles. The van der Waals surface area contributed by atoms with Gasteiger partial charge in [0.1, 0.15) is 10.7 Å². The first-order valence-corrected chi connectivity index (χ1v) is 7.41. The lowest BCUT2D eigenvalue weighted by Gasteiger charge is -2.12. The van der Waals surface area contributed by atoms with Crippen molar-refractivity contribution < 1.29 is 17.6 Å². The number of hydrogen-bond acceptors (Lipinski definition) is 3. The maximum atomic E-state index is 13.5. The second-order valence-electron chi connectivity index (χ2n) is 4.54. The molecule has 2 rings (SSSR count). The zero-order valence-electron chi connectivity index (χ0n) is 10.1. The molecule has 0 aromatic heterocycles.